The number of hydrogen-bond acceptors (Lipinski definition) is 3. The number of ether oxygens (including phenoxy) is 1. The molecular weight excluding hydrogens is 170 g/mol. The predicted octanol–water partition coefficient (Wildman–Crippen LogP) is 1.20. The third-order valence-corrected chi connectivity index (χ3v) is 2.89. The number of amides is 2. The molecule has 4 heteroatoms. The molecule has 1 aliphatic carbocycles. The van der Waals surface area contributed by atoms with Crippen LogP contribution < -0.4 is 5.32 Å². The Kier molecular flexibility index (Phi) is 1.47. The normalized spacial score (nSPS) is 36.5. The van der Waals surface area contributed by atoms with Gasteiger partial charge in [0.25, 0.3) is 5.91 Å². The molecule has 1 spiro atoms. The van der Waals surface area contributed by atoms with Crippen molar-refractivity contribution in [2.24, 2.45) is 5.41 Å². The minimum atomic E-state index is -0.847. The van der Waals surface area contributed by atoms with Crippen LogP contribution in [-0.2, 0) is 9.53 Å². The first-order valence-electron chi connectivity index (χ1n) is 4.48. The minimum absolute atomic E-state index is 0.0992. The fourth-order valence-electron chi connectivity index (χ4n) is 2.23. The molecular formula is C9H13NO3. The number of rotatable bonds is 0. The van der Waals surface area contributed by atoms with Crippen LogP contribution in [0.15, 0.2) is 0 Å². The summed E-state index contributed by atoms with van der Waals surface area (Å²) in [6, 6.07) is 0. The van der Waals surface area contributed by atoms with Crippen LogP contribution in [0.5, 0.6) is 0 Å². The maximum Gasteiger partial charge on any atom is 0.415 e. The van der Waals surface area contributed by atoms with Gasteiger partial charge in [-0.15, -0.1) is 0 Å². The van der Waals surface area contributed by atoms with Crippen LogP contribution in [0.2, 0.25) is 0 Å². The van der Waals surface area contributed by atoms with Crippen LogP contribution in [0.25, 0.3) is 0 Å². The van der Waals surface area contributed by atoms with E-state index in [1.54, 1.807) is 0 Å². The lowest BCUT2D eigenvalue weighted by atomic mass is 9.89. The van der Waals surface area contributed by atoms with E-state index in [2.05, 4.69) is 19.2 Å². The van der Waals surface area contributed by atoms with Gasteiger partial charge in [-0.3, -0.25) is 10.1 Å². The Morgan fingerprint density at radius 1 is 1.31 bits per heavy atom. The maximum absolute atomic E-state index is 11.4. The Balaban J connectivity index is 2.24. The van der Waals surface area contributed by atoms with Crippen LogP contribution in [0.3, 0.4) is 0 Å². The molecule has 0 aromatic heterocycles. The van der Waals surface area contributed by atoms with Crippen molar-refractivity contribution in [1.29, 1.82) is 0 Å². The molecule has 13 heavy (non-hydrogen) atoms. The van der Waals surface area contributed by atoms with E-state index in [1.165, 1.54) is 0 Å². The zero-order valence-corrected chi connectivity index (χ0v) is 7.85. The fraction of sp³-hybridized carbons (Fsp3) is 0.778. The summed E-state index contributed by atoms with van der Waals surface area (Å²) in [5.74, 6) is -0.261. The quantitative estimate of drug-likeness (QED) is 0.614. The summed E-state index contributed by atoms with van der Waals surface area (Å²) in [6.07, 6.45) is 1.62. The summed E-state index contributed by atoms with van der Waals surface area (Å²) in [4.78, 5) is 22.3. The minimum Gasteiger partial charge on any atom is -0.432 e. The highest BCUT2D eigenvalue weighted by Crippen LogP contribution is 2.47. The van der Waals surface area contributed by atoms with Crippen molar-refractivity contribution in [3.05, 3.63) is 0 Å². The summed E-state index contributed by atoms with van der Waals surface area (Å²) < 4.78 is 5.06. The molecule has 2 aliphatic rings. The molecule has 1 aliphatic heterocycles. The van der Waals surface area contributed by atoms with Gasteiger partial charge in [0.05, 0.1) is 0 Å². The van der Waals surface area contributed by atoms with Gasteiger partial charge in [0.1, 0.15) is 0 Å². The summed E-state index contributed by atoms with van der Waals surface area (Å²) >= 11 is 0. The van der Waals surface area contributed by atoms with E-state index in [0.717, 1.165) is 6.42 Å². The second kappa shape index (κ2) is 2.25. The van der Waals surface area contributed by atoms with Crippen molar-refractivity contribution in [3.8, 4) is 0 Å². The van der Waals surface area contributed by atoms with Crippen LogP contribution in [0.4, 0.5) is 4.79 Å². The molecule has 1 heterocycles. The summed E-state index contributed by atoms with van der Waals surface area (Å²) in [6.45, 7) is 4.17. The number of imide groups is 1. The van der Waals surface area contributed by atoms with Gasteiger partial charge in [0, 0.05) is 6.42 Å². The third-order valence-electron chi connectivity index (χ3n) is 2.89. The molecule has 0 aromatic carbocycles. The molecule has 4 nitrogen and oxygen atoms in total. The highest BCUT2D eigenvalue weighted by Gasteiger charge is 2.55. The highest BCUT2D eigenvalue weighted by atomic mass is 16.6. The van der Waals surface area contributed by atoms with Crippen LogP contribution in [0, 0.1) is 5.41 Å². The molecule has 1 N–H and O–H groups in total. The van der Waals surface area contributed by atoms with E-state index in [-0.39, 0.29) is 11.3 Å². The standard InChI is InChI=1S/C9H13NO3/c1-8(2)3-4-9(5-8)6(11)10-7(12)13-9/h3-5H2,1-2H3,(H,10,11,12). The maximum atomic E-state index is 11.4. The fourth-order valence-corrected chi connectivity index (χ4v) is 2.23. The number of carbonyl (C=O) groups excluding carboxylic acids is 2. The zero-order chi connectivity index (χ0) is 9.69. The number of alkyl carbamates (subject to hydrolysis) is 1. The zero-order valence-electron chi connectivity index (χ0n) is 7.85. The topological polar surface area (TPSA) is 55.4 Å². The molecule has 72 valence electrons. The van der Waals surface area contributed by atoms with Gasteiger partial charge < -0.3 is 4.74 Å². The summed E-state index contributed by atoms with van der Waals surface area (Å²) in [5.41, 5.74) is -0.747. The van der Waals surface area contributed by atoms with Crippen molar-refractivity contribution < 1.29 is 14.3 Å². The van der Waals surface area contributed by atoms with Gasteiger partial charge in [-0.05, 0) is 18.3 Å². The Bertz CT molecular complexity index is 285. The number of hydrogen-bond donors (Lipinski definition) is 1. The van der Waals surface area contributed by atoms with E-state index in [1.807, 2.05) is 0 Å². The van der Waals surface area contributed by atoms with Crippen molar-refractivity contribution in [1.82, 2.24) is 5.32 Å². The van der Waals surface area contributed by atoms with Crippen LogP contribution in [0.1, 0.15) is 33.1 Å². The summed E-state index contributed by atoms with van der Waals surface area (Å²) in [7, 11) is 0. The van der Waals surface area contributed by atoms with Gasteiger partial charge in [-0.25, -0.2) is 4.79 Å². The van der Waals surface area contributed by atoms with E-state index in [4.69, 9.17) is 4.74 Å². The number of carbonyl (C=O) groups is 2. The molecule has 1 unspecified atom stereocenters. The van der Waals surface area contributed by atoms with E-state index in [9.17, 15) is 9.59 Å². The first-order valence-corrected chi connectivity index (χ1v) is 4.48. The monoisotopic (exact) mass is 183 g/mol. The molecule has 1 saturated heterocycles. The molecule has 0 bridgehead atoms. The van der Waals surface area contributed by atoms with Crippen molar-refractivity contribution in [2.45, 2.75) is 38.7 Å². The predicted molar refractivity (Wildman–Crippen MR) is 45.0 cm³/mol. The lowest BCUT2D eigenvalue weighted by Crippen LogP contribution is -2.37. The lowest BCUT2D eigenvalue weighted by molar-refractivity contribution is -0.131. The molecule has 2 fully saturated rings. The van der Waals surface area contributed by atoms with Crippen molar-refractivity contribution in [2.75, 3.05) is 0 Å². The Hall–Kier alpha value is -1.06. The summed E-state index contributed by atoms with van der Waals surface area (Å²) in [5, 5.41) is 2.19. The molecule has 0 aromatic rings. The smallest absolute Gasteiger partial charge is 0.415 e. The molecule has 2 rings (SSSR count). The average molecular weight is 183 g/mol. The second-order valence-corrected chi connectivity index (χ2v) is 4.68. The Labute approximate surface area is 76.6 Å². The molecule has 1 saturated carbocycles. The van der Waals surface area contributed by atoms with Crippen molar-refractivity contribution >= 4 is 12.0 Å². The second-order valence-electron chi connectivity index (χ2n) is 4.68. The lowest BCUT2D eigenvalue weighted by Gasteiger charge is -2.21. The van der Waals surface area contributed by atoms with E-state index in [0.29, 0.717) is 12.8 Å². The van der Waals surface area contributed by atoms with Gasteiger partial charge in [0.2, 0.25) is 0 Å². The number of nitrogens with one attached hydrogen (secondary N) is 1. The van der Waals surface area contributed by atoms with Gasteiger partial charge >= 0.3 is 6.09 Å². The van der Waals surface area contributed by atoms with Crippen LogP contribution in [-0.4, -0.2) is 17.6 Å². The average Bonchev–Trinajstić information content (AvgIpc) is 2.38. The largest absolute Gasteiger partial charge is 0.432 e. The highest BCUT2D eigenvalue weighted by molar-refractivity contribution is 6.03. The van der Waals surface area contributed by atoms with Gasteiger partial charge in [-0.2, -0.15) is 0 Å². The van der Waals surface area contributed by atoms with E-state index < -0.39 is 11.7 Å². The molecule has 0 radical (unpaired) electrons. The third kappa shape index (κ3) is 1.20. The molecule has 2 amide bonds. The van der Waals surface area contributed by atoms with E-state index >= 15 is 0 Å². The van der Waals surface area contributed by atoms with Gasteiger partial charge in [0.15, 0.2) is 5.60 Å². The molecule has 1 atom stereocenters. The Morgan fingerprint density at radius 3 is 2.38 bits per heavy atom. The van der Waals surface area contributed by atoms with Crippen LogP contribution >= 0.6 is 0 Å². The SMILES string of the molecule is CC1(C)CCC2(C1)OC(=O)NC2=O. The first kappa shape index (κ1) is 8.53. The Morgan fingerprint density at radius 2 is 2.00 bits per heavy atom. The first-order chi connectivity index (χ1) is 5.94. The van der Waals surface area contributed by atoms with Gasteiger partial charge in [-0.1, -0.05) is 13.8 Å². The van der Waals surface area contributed by atoms with Crippen molar-refractivity contribution in [3.63, 3.8) is 0 Å².